The van der Waals surface area contributed by atoms with Crippen LogP contribution in [0.5, 0.6) is 0 Å². The molecule has 24 heavy (non-hydrogen) atoms. The maximum absolute atomic E-state index is 12.1. The van der Waals surface area contributed by atoms with Gasteiger partial charge in [-0.05, 0) is 63.6 Å². The zero-order valence-corrected chi connectivity index (χ0v) is 14.1. The van der Waals surface area contributed by atoms with Gasteiger partial charge in [-0.15, -0.1) is 0 Å². The molecular weight excluding hydrogens is 304 g/mol. The van der Waals surface area contributed by atoms with Crippen LogP contribution in [0, 0.1) is 5.92 Å². The summed E-state index contributed by atoms with van der Waals surface area (Å²) >= 11 is 0. The van der Waals surface area contributed by atoms with Crippen molar-refractivity contribution in [3.63, 3.8) is 0 Å². The first-order valence-electron chi connectivity index (χ1n) is 9.30. The summed E-state index contributed by atoms with van der Waals surface area (Å²) in [5.41, 5.74) is 1.08. The number of hydrogen-bond donors (Lipinski definition) is 1. The average molecular weight is 330 g/mol. The second-order valence-corrected chi connectivity index (χ2v) is 7.48. The van der Waals surface area contributed by atoms with Crippen LogP contribution in [-0.2, 0) is 11.3 Å². The van der Waals surface area contributed by atoms with Gasteiger partial charge in [-0.2, -0.15) is 5.10 Å². The molecule has 4 rings (SSSR count). The van der Waals surface area contributed by atoms with E-state index in [2.05, 4.69) is 15.3 Å². The highest BCUT2D eigenvalue weighted by atomic mass is 16.2. The molecule has 3 fully saturated rings. The third-order valence-electron chi connectivity index (χ3n) is 5.66. The molecule has 1 aromatic heterocycles. The lowest BCUT2D eigenvalue weighted by atomic mass is 9.94. The number of aromatic nitrogens is 2. The minimum Gasteiger partial charge on any atom is -0.355 e. The molecule has 1 amide bonds. The van der Waals surface area contributed by atoms with E-state index in [1.54, 1.807) is 10.7 Å². The molecule has 1 aliphatic carbocycles. The van der Waals surface area contributed by atoms with Gasteiger partial charge in [-0.1, -0.05) is 0 Å². The number of piperidine rings is 2. The van der Waals surface area contributed by atoms with E-state index in [0.717, 1.165) is 51.0 Å². The SMILES string of the molecule is O=C1NCCCC1N1CCC(Cn2nc(C3CC3)ccc2=O)CC1. The molecule has 6 nitrogen and oxygen atoms in total. The standard InChI is InChI=1S/C18H26N4O2/c23-17-6-5-15(14-3-4-14)20-22(17)12-13-7-10-21(11-8-13)16-2-1-9-19-18(16)24/h5-6,13-14,16H,1-4,7-12H2,(H,19,24). The first-order chi connectivity index (χ1) is 11.7. The number of rotatable bonds is 4. The number of amides is 1. The lowest BCUT2D eigenvalue weighted by Gasteiger charge is -2.38. The van der Waals surface area contributed by atoms with E-state index in [4.69, 9.17) is 0 Å². The molecule has 1 atom stereocenters. The molecular formula is C18H26N4O2. The summed E-state index contributed by atoms with van der Waals surface area (Å²) in [5, 5.41) is 7.55. The van der Waals surface area contributed by atoms with Gasteiger partial charge in [-0.3, -0.25) is 14.5 Å². The average Bonchev–Trinajstić information content (AvgIpc) is 3.43. The molecule has 0 aromatic carbocycles. The van der Waals surface area contributed by atoms with Crippen LogP contribution in [0.25, 0.3) is 0 Å². The Bertz CT molecular complexity index is 659. The second kappa shape index (κ2) is 6.67. The Balaban J connectivity index is 1.35. The number of likely N-dealkylation sites (tertiary alicyclic amines) is 1. The van der Waals surface area contributed by atoms with Gasteiger partial charge in [-0.25, -0.2) is 4.68 Å². The van der Waals surface area contributed by atoms with Crippen LogP contribution < -0.4 is 10.9 Å². The summed E-state index contributed by atoms with van der Waals surface area (Å²) in [4.78, 5) is 26.4. The molecule has 130 valence electrons. The fourth-order valence-corrected chi connectivity index (χ4v) is 3.99. The first kappa shape index (κ1) is 15.8. The van der Waals surface area contributed by atoms with Crippen molar-refractivity contribution in [1.82, 2.24) is 20.0 Å². The zero-order valence-electron chi connectivity index (χ0n) is 14.1. The highest BCUT2D eigenvalue weighted by molar-refractivity contribution is 5.82. The number of carbonyl (C=O) groups is 1. The van der Waals surface area contributed by atoms with E-state index in [-0.39, 0.29) is 17.5 Å². The molecule has 2 aliphatic heterocycles. The van der Waals surface area contributed by atoms with Crippen molar-refractivity contribution in [2.75, 3.05) is 19.6 Å². The second-order valence-electron chi connectivity index (χ2n) is 7.48. The van der Waals surface area contributed by atoms with Crippen molar-refractivity contribution >= 4 is 5.91 Å². The van der Waals surface area contributed by atoms with Gasteiger partial charge >= 0.3 is 0 Å². The summed E-state index contributed by atoms with van der Waals surface area (Å²) in [6, 6.07) is 3.61. The smallest absolute Gasteiger partial charge is 0.266 e. The van der Waals surface area contributed by atoms with Crippen LogP contribution in [-0.4, -0.2) is 46.3 Å². The minimum atomic E-state index is 0.00786. The molecule has 3 heterocycles. The number of nitrogens with zero attached hydrogens (tertiary/aromatic N) is 3. The van der Waals surface area contributed by atoms with Crippen molar-refractivity contribution in [3.8, 4) is 0 Å². The first-order valence-corrected chi connectivity index (χ1v) is 9.30. The van der Waals surface area contributed by atoms with Gasteiger partial charge in [0.15, 0.2) is 0 Å². The van der Waals surface area contributed by atoms with E-state index in [1.165, 1.54) is 12.8 Å². The summed E-state index contributed by atoms with van der Waals surface area (Å²) < 4.78 is 1.67. The number of carbonyl (C=O) groups excluding carboxylic acids is 1. The van der Waals surface area contributed by atoms with E-state index < -0.39 is 0 Å². The van der Waals surface area contributed by atoms with Crippen LogP contribution in [0.1, 0.15) is 50.1 Å². The van der Waals surface area contributed by atoms with Crippen LogP contribution in [0.2, 0.25) is 0 Å². The lowest BCUT2D eigenvalue weighted by molar-refractivity contribution is -0.128. The maximum atomic E-state index is 12.1. The monoisotopic (exact) mass is 330 g/mol. The Morgan fingerprint density at radius 3 is 2.58 bits per heavy atom. The van der Waals surface area contributed by atoms with Crippen molar-refractivity contribution in [2.45, 2.75) is 57.0 Å². The molecule has 1 aromatic rings. The highest BCUT2D eigenvalue weighted by Gasteiger charge is 2.31. The van der Waals surface area contributed by atoms with Crippen molar-refractivity contribution in [3.05, 3.63) is 28.2 Å². The zero-order chi connectivity index (χ0) is 16.5. The summed E-state index contributed by atoms with van der Waals surface area (Å²) in [6.07, 6.45) is 6.52. The topological polar surface area (TPSA) is 67.2 Å². The maximum Gasteiger partial charge on any atom is 0.266 e. The minimum absolute atomic E-state index is 0.00786. The molecule has 3 aliphatic rings. The van der Waals surface area contributed by atoms with Crippen LogP contribution >= 0.6 is 0 Å². The highest BCUT2D eigenvalue weighted by Crippen LogP contribution is 2.38. The summed E-state index contributed by atoms with van der Waals surface area (Å²) in [6.45, 7) is 3.42. The quantitative estimate of drug-likeness (QED) is 0.898. The Kier molecular flexibility index (Phi) is 4.39. The van der Waals surface area contributed by atoms with Gasteiger partial charge in [0.1, 0.15) is 0 Å². The van der Waals surface area contributed by atoms with Crippen molar-refractivity contribution in [2.24, 2.45) is 5.92 Å². The molecule has 0 bridgehead atoms. The largest absolute Gasteiger partial charge is 0.355 e. The number of hydrogen-bond acceptors (Lipinski definition) is 4. The van der Waals surface area contributed by atoms with Crippen molar-refractivity contribution in [1.29, 1.82) is 0 Å². The Morgan fingerprint density at radius 1 is 1.08 bits per heavy atom. The normalized spacial score (nSPS) is 26.3. The molecule has 1 N–H and O–H groups in total. The van der Waals surface area contributed by atoms with E-state index in [1.807, 2.05) is 6.07 Å². The summed E-state index contributed by atoms with van der Waals surface area (Å²) in [7, 11) is 0. The van der Waals surface area contributed by atoms with E-state index in [9.17, 15) is 9.59 Å². The Labute approximate surface area is 142 Å². The van der Waals surface area contributed by atoms with Crippen LogP contribution in [0.15, 0.2) is 16.9 Å². The Hall–Kier alpha value is -1.69. The van der Waals surface area contributed by atoms with Gasteiger partial charge in [0, 0.05) is 25.1 Å². The molecule has 1 saturated carbocycles. The van der Waals surface area contributed by atoms with Crippen LogP contribution in [0.3, 0.4) is 0 Å². The van der Waals surface area contributed by atoms with Gasteiger partial charge in [0.2, 0.25) is 5.91 Å². The number of nitrogens with one attached hydrogen (secondary N) is 1. The molecule has 1 unspecified atom stereocenters. The third kappa shape index (κ3) is 3.38. The Morgan fingerprint density at radius 2 is 1.88 bits per heavy atom. The van der Waals surface area contributed by atoms with Crippen molar-refractivity contribution < 1.29 is 4.79 Å². The molecule has 0 spiro atoms. The predicted molar refractivity (Wildman–Crippen MR) is 90.8 cm³/mol. The molecule has 0 radical (unpaired) electrons. The fraction of sp³-hybridized carbons (Fsp3) is 0.722. The van der Waals surface area contributed by atoms with Gasteiger partial charge in [0.25, 0.3) is 5.56 Å². The lowest BCUT2D eigenvalue weighted by Crippen LogP contribution is -2.52. The summed E-state index contributed by atoms with van der Waals surface area (Å²) in [5.74, 6) is 1.24. The predicted octanol–water partition coefficient (Wildman–Crippen LogP) is 1.11. The van der Waals surface area contributed by atoms with E-state index >= 15 is 0 Å². The van der Waals surface area contributed by atoms with Gasteiger partial charge in [0.05, 0.1) is 11.7 Å². The van der Waals surface area contributed by atoms with E-state index in [0.29, 0.717) is 18.4 Å². The van der Waals surface area contributed by atoms with Gasteiger partial charge < -0.3 is 5.32 Å². The third-order valence-corrected chi connectivity index (χ3v) is 5.66. The van der Waals surface area contributed by atoms with Crippen LogP contribution in [0.4, 0.5) is 0 Å². The molecule has 2 saturated heterocycles. The fourth-order valence-electron chi connectivity index (χ4n) is 3.99. The molecule has 6 heteroatoms.